The van der Waals surface area contributed by atoms with Crippen molar-refractivity contribution in [3.63, 3.8) is 0 Å². The van der Waals surface area contributed by atoms with Gasteiger partial charge in [0.2, 0.25) is 0 Å². The van der Waals surface area contributed by atoms with Crippen molar-refractivity contribution in [1.82, 2.24) is 19.0 Å². The maximum absolute atomic E-state index is 14.5. The van der Waals surface area contributed by atoms with Gasteiger partial charge in [-0.3, -0.25) is 23.9 Å². The number of hydrogen-bond donors (Lipinski definition) is 0. The van der Waals surface area contributed by atoms with E-state index in [0.29, 0.717) is 23.8 Å². The lowest BCUT2D eigenvalue weighted by Crippen LogP contribution is -2.58. The molecule has 228 valence electrons. The van der Waals surface area contributed by atoms with Gasteiger partial charge in [-0.2, -0.15) is 0 Å². The van der Waals surface area contributed by atoms with Crippen LogP contribution in [0.4, 0.5) is 0 Å². The van der Waals surface area contributed by atoms with Gasteiger partial charge in [0.25, 0.3) is 11.1 Å². The summed E-state index contributed by atoms with van der Waals surface area (Å²) in [5.41, 5.74) is 1.57. The molecule has 2 aromatic heterocycles. The molecule has 2 aliphatic carbocycles. The van der Waals surface area contributed by atoms with Gasteiger partial charge in [-0.25, -0.2) is 4.98 Å². The second-order valence-corrected chi connectivity index (χ2v) is 13.7. The summed E-state index contributed by atoms with van der Waals surface area (Å²) < 4.78 is 8.43. The zero-order valence-corrected chi connectivity index (χ0v) is 25.5. The van der Waals surface area contributed by atoms with E-state index in [0.717, 1.165) is 41.6 Å². The monoisotopic (exact) mass is 584 g/mol. The Hall–Kier alpha value is -3.26. The van der Waals surface area contributed by atoms with E-state index in [1.54, 1.807) is 19.1 Å². The van der Waals surface area contributed by atoms with Crippen molar-refractivity contribution >= 4 is 17.0 Å². The lowest BCUT2D eigenvalue weighted by Gasteiger charge is -2.55. The summed E-state index contributed by atoms with van der Waals surface area (Å²) in [7, 11) is 0. The molecule has 2 saturated carbocycles. The largest absolute Gasteiger partial charge is 0.465 e. The maximum Gasteiger partial charge on any atom is 0.326 e. The molecule has 4 fully saturated rings. The van der Waals surface area contributed by atoms with E-state index in [4.69, 9.17) is 9.72 Å². The average Bonchev–Trinajstić information content (AvgIpc) is 2.97. The van der Waals surface area contributed by atoms with E-state index < -0.39 is 5.97 Å². The molecule has 0 N–H and O–H groups in total. The molecule has 7 atom stereocenters. The second kappa shape index (κ2) is 11.7. The number of carbonyl (C=O) groups excluding carboxylic acids is 1. The van der Waals surface area contributed by atoms with Gasteiger partial charge in [0.1, 0.15) is 6.54 Å². The highest BCUT2D eigenvalue weighted by Crippen LogP contribution is 2.48. The highest BCUT2D eigenvalue weighted by molar-refractivity contribution is 5.78. The van der Waals surface area contributed by atoms with Crippen LogP contribution in [-0.4, -0.2) is 49.7 Å². The van der Waals surface area contributed by atoms with Gasteiger partial charge >= 0.3 is 5.97 Å². The minimum atomic E-state index is -0.514. The van der Waals surface area contributed by atoms with Crippen LogP contribution in [0.3, 0.4) is 0 Å². The number of benzene rings is 1. The number of pyridine rings is 1. The summed E-state index contributed by atoms with van der Waals surface area (Å²) in [6.45, 7) is 4.13. The molecular formula is C35H44N4O4. The van der Waals surface area contributed by atoms with Crippen molar-refractivity contribution in [1.29, 1.82) is 0 Å². The van der Waals surface area contributed by atoms with Crippen LogP contribution in [0.1, 0.15) is 84.1 Å². The van der Waals surface area contributed by atoms with Crippen LogP contribution < -0.4 is 11.1 Å². The number of rotatable bonds is 6. The van der Waals surface area contributed by atoms with Crippen LogP contribution in [0.5, 0.6) is 0 Å². The summed E-state index contributed by atoms with van der Waals surface area (Å²) in [4.78, 5) is 47.6. The first-order valence-corrected chi connectivity index (χ1v) is 16.5. The Morgan fingerprint density at radius 2 is 1.58 bits per heavy atom. The first kappa shape index (κ1) is 28.5. The number of ether oxygens (including phenoxy) is 1. The SMILES string of the molecule is CCOC(=O)Cn1c(-c2nc3ccccc3n([C@H]3C[C@H]4CCC[C@@H](C3)N4[C@H]3C[C@@H]4C[C@@H](C)C[C@@H](C4)C3)c2=O)cccc1=O. The minimum absolute atomic E-state index is 0.0581. The summed E-state index contributed by atoms with van der Waals surface area (Å²) in [5, 5.41) is 0. The van der Waals surface area contributed by atoms with Crippen molar-refractivity contribution in [2.45, 2.75) is 109 Å². The van der Waals surface area contributed by atoms with Crippen LogP contribution in [0.25, 0.3) is 22.4 Å². The summed E-state index contributed by atoms with van der Waals surface area (Å²) in [6.07, 6.45) is 12.4. The Morgan fingerprint density at radius 3 is 2.30 bits per heavy atom. The number of nitrogens with zero attached hydrogens (tertiary/aromatic N) is 4. The van der Waals surface area contributed by atoms with Gasteiger partial charge in [0, 0.05) is 30.2 Å². The summed E-state index contributed by atoms with van der Waals surface area (Å²) >= 11 is 0. The van der Waals surface area contributed by atoms with Gasteiger partial charge in [-0.1, -0.05) is 31.5 Å². The zero-order chi connectivity index (χ0) is 29.7. The molecule has 4 heterocycles. The molecule has 0 unspecified atom stereocenters. The van der Waals surface area contributed by atoms with Gasteiger partial charge < -0.3 is 9.30 Å². The Labute approximate surface area is 253 Å². The van der Waals surface area contributed by atoms with E-state index in [1.807, 2.05) is 28.8 Å². The molecule has 7 rings (SSSR count). The molecule has 0 spiro atoms. The van der Waals surface area contributed by atoms with Crippen LogP contribution in [0.2, 0.25) is 0 Å². The Balaban J connectivity index is 1.26. The van der Waals surface area contributed by atoms with Crippen LogP contribution >= 0.6 is 0 Å². The second-order valence-electron chi connectivity index (χ2n) is 13.7. The predicted octanol–water partition coefficient (Wildman–Crippen LogP) is 5.56. The topological polar surface area (TPSA) is 86.4 Å². The third-order valence-electron chi connectivity index (χ3n) is 10.8. The number of para-hydroxylation sites is 2. The van der Waals surface area contributed by atoms with Crippen molar-refractivity contribution < 1.29 is 9.53 Å². The van der Waals surface area contributed by atoms with E-state index in [9.17, 15) is 14.4 Å². The summed E-state index contributed by atoms with van der Waals surface area (Å²) in [6, 6.07) is 14.3. The normalized spacial score (nSPS) is 30.7. The molecule has 8 nitrogen and oxygen atoms in total. The first-order chi connectivity index (χ1) is 20.9. The number of fused-ring (bicyclic) bond motifs is 5. The molecule has 4 bridgehead atoms. The molecule has 0 amide bonds. The molecule has 4 aliphatic rings. The van der Waals surface area contributed by atoms with Gasteiger partial charge in [0.15, 0.2) is 5.69 Å². The smallest absolute Gasteiger partial charge is 0.326 e. The highest BCUT2D eigenvalue weighted by atomic mass is 16.5. The third-order valence-corrected chi connectivity index (χ3v) is 10.8. The molecule has 43 heavy (non-hydrogen) atoms. The molecule has 8 heteroatoms. The Morgan fingerprint density at radius 1 is 0.860 bits per heavy atom. The molecule has 2 saturated heterocycles. The molecule has 2 aliphatic heterocycles. The number of esters is 1. The van der Waals surface area contributed by atoms with Gasteiger partial charge in [0.05, 0.1) is 23.3 Å². The Kier molecular flexibility index (Phi) is 7.74. The highest BCUT2D eigenvalue weighted by Gasteiger charge is 2.46. The van der Waals surface area contributed by atoms with E-state index in [-0.39, 0.29) is 36.0 Å². The van der Waals surface area contributed by atoms with Crippen LogP contribution in [0, 0.1) is 17.8 Å². The lowest BCUT2D eigenvalue weighted by molar-refractivity contribution is -0.143. The standard InChI is InChI=1S/C35H44N4O4/c1-3-43-33(41)21-37-31(12-7-13-32(37)40)34-35(42)39(30-11-5-4-10-29(30)36-34)28-19-25-8-6-9-26(20-28)38(25)27-17-23-14-22(2)15-24(16-23)18-27/h4-5,7,10-13,22-28H,3,6,8-9,14-21H2,1-2H3/t22-,23-,24+,25-,26+,27+,28+. The fourth-order valence-corrected chi connectivity index (χ4v) is 9.50. The number of carbonyl (C=O) groups is 1. The number of aromatic nitrogens is 3. The van der Waals surface area contributed by atoms with Crippen LogP contribution in [0.15, 0.2) is 52.1 Å². The molecule has 3 aromatic rings. The van der Waals surface area contributed by atoms with Gasteiger partial charge in [-0.05, 0) is 101 Å². The molecular weight excluding hydrogens is 540 g/mol. The van der Waals surface area contributed by atoms with Crippen molar-refractivity contribution in [3.05, 3.63) is 63.2 Å². The quantitative estimate of drug-likeness (QED) is 0.353. The fraction of sp³-hybridized carbons (Fsp3) is 0.600. The van der Waals surface area contributed by atoms with Gasteiger partial charge in [-0.15, -0.1) is 0 Å². The lowest BCUT2D eigenvalue weighted by atomic mass is 9.65. The first-order valence-electron chi connectivity index (χ1n) is 16.5. The minimum Gasteiger partial charge on any atom is -0.465 e. The Bertz CT molecular complexity index is 1600. The van der Waals surface area contributed by atoms with Crippen molar-refractivity contribution in [3.8, 4) is 11.4 Å². The molecule has 0 radical (unpaired) electrons. The third kappa shape index (κ3) is 5.36. The zero-order valence-electron chi connectivity index (χ0n) is 25.5. The number of hydrogen-bond acceptors (Lipinski definition) is 6. The summed E-state index contributed by atoms with van der Waals surface area (Å²) in [5.74, 6) is 2.10. The van der Waals surface area contributed by atoms with E-state index in [2.05, 4.69) is 11.8 Å². The average molecular weight is 585 g/mol. The van der Waals surface area contributed by atoms with Crippen molar-refractivity contribution in [2.24, 2.45) is 17.8 Å². The molecule has 1 aromatic carbocycles. The van der Waals surface area contributed by atoms with E-state index >= 15 is 0 Å². The van der Waals surface area contributed by atoms with Crippen LogP contribution in [-0.2, 0) is 16.1 Å². The predicted molar refractivity (Wildman–Crippen MR) is 167 cm³/mol. The number of piperidine rings is 2. The maximum atomic E-state index is 14.5. The van der Waals surface area contributed by atoms with Crippen molar-refractivity contribution in [2.75, 3.05) is 6.61 Å². The van der Waals surface area contributed by atoms with E-state index in [1.165, 1.54) is 62.0 Å². The fourth-order valence-electron chi connectivity index (χ4n) is 9.50.